The van der Waals surface area contributed by atoms with Gasteiger partial charge >= 0.3 is 0 Å². The number of nitrogens with one attached hydrogen (secondary N) is 1. The smallest absolute Gasteiger partial charge is 0.260 e. The highest BCUT2D eigenvalue weighted by atomic mass is 35.5. The molecule has 0 aromatic heterocycles. The number of hydrogen-bond acceptors (Lipinski definition) is 2. The average Bonchev–Trinajstić information content (AvgIpc) is 3.17. The third-order valence-electron chi connectivity index (χ3n) is 3.70. The van der Waals surface area contributed by atoms with E-state index in [-0.39, 0.29) is 11.3 Å². The van der Waals surface area contributed by atoms with Gasteiger partial charge in [-0.2, -0.15) is 0 Å². The largest absolute Gasteiger partial charge is 0.481 e. The summed E-state index contributed by atoms with van der Waals surface area (Å²) in [5, 5.41) is 3.54. The third kappa shape index (κ3) is 4.29. The van der Waals surface area contributed by atoms with E-state index in [2.05, 4.69) is 5.32 Å². The minimum atomic E-state index is -0.541. The van der Waals surface area contributed by atoms with Gasteiger partial charge in [0, 0.05) is 17.4 Å². The molecule has 1 aromatic carbocycles. The van der Waals surface area contributed by atoms with E-state index in [4.69, 9.17) is 27.9 Å². The first-order chi connectivity index (χ1) is 9.54. The van der Waals surface area contributed by atoms with Crippen LogP contribution < -0.4 is 10.1 Å². The van der Waals surface area contributed by atoms with Crippen molar-refractivity contribution in [1.29, 1.82) is 0 Å². The molecule has 0 radical (unpaired) electrons. The number of amides is 1. The van der Waals surface area contributed by atoms with Gasteiger partial charge in [0.15, 0.2) is 6.10 Å². The molecule has 20 heavy (non-hydrogen) atoms. The molecule has 1 aromatic rings. The summed E-state index contributed by atoms with van der Waals surface area (Å²) in [6, 6.07) is 7.04. The first kappa shape index (κ1) is 15.5. The van der Waals surface area contributed by atoms with Crippen LogP contribution in [0.1, 0.15) is 26.2 Å². The van der Waals surface area contributed by atoms with Gasteiger partial charge in [-0.1, -0.05) is 17.7 Å². The molecule has 1 amide bonds. The van der Waals surface area contributed by atoms with Gasteiger partial charge in [-0.05, 0) is 49.8 Å². The van der Waals surface area contributed by atoms with Crippen molar-refractivity contribution >= 4 is 29.1 Å². The van der Waals surface area contributed by atoms with Crippen molar-refractivity contribution < 1.29 is 9.53 Å². The summed E-state index contributed by atoms with van der Waals surface area (Å²) in [5.74, 6) is 1.14. The van der Waals surface area contributed by atoms with Crippen LogP contribution in [0.25, 0.3) is 0 Å². The Morgan fingerprint density at radius 2 is 2.25 bits per heavy atom. The maximum Gasteiger partial charge on any atom is 0.260 e. The molecule has 1 aliphatic carbocycles. The van der Waals surface area contributed by atoms with Crippen LogP contribution in [0.2, 0.25) is 5.02 Å². The lowest BCUT2D eigenvalue weighted by Gasteiger charge is -2.18. The van der Waals surface area contributed by atoms with Crippen molar-refractivity contribution in [3.63, 3.8) is 0 Å². The van der Waals surface area contributed by atoms with Crippen LogP contribution in [0.3, 0.4) is 0 Å². The van der Waals surface area contributed by atoms with Crippen LogP contribution in [0.5, 0.6) is 5.75 Å². The second-order valence-corrected chi connectivity index (χ2v) is 6.19. The highest BCUT2D eigenvalue weighted by molar-refractivity contribution is 6.30. The van der Waals surface area contributed by atoms with E-state index >= 15 is 0 Å². The first-order valence-electron chi connectivity index (χ1n) is 6.81. The molecule has 0 aliphatic heterocycles. The molecule has 5 heteroatoms. The summed E-state index contributed by atoms with van der Waals surface area (Å²) >= 11 is 11.7. The predicted octanol–water partition coefficient (Wildman–Crippen LogP) is 3.63. The lowest BCUT2D eigenvalue weighted by molar-refractivity contribution is -0.127. The summed E-state index contributed by atoms with van der Waals surface area (Å²) < 4.78 is 5.58. The molecule has 3 nitrogen and oxygen atoms in total. The van der Waals surface area contributed by atoms with Crippen LogP contribution >= 0.6 is 23.2 Å². The minimum Gasteiger partial charge on any atom is -0.481 e. The molecular weight excluding hydrogens is 297 g/mol. The van der Waals surface area contributed by atoms with Crippen molar-refractivity contribution in [2.75, 3.05) is 12.4 Å². The number of carbonyl (C=O) groups is 1. The van der Waals surface area contributed by atoms with Gasteiger partial charge in [-0.3, -0.25) is 4.79 Å². The van der Waals surface area contributed by atoms with Crippen LogP contribution in [-0.4, -0.2) is 24.4 Å². The fourth-order valence-corrected chi connectivity index (χ4v) is 2.69. The van der Waals surface area contributed by atoms with Crippen molar-refractivity contribution in [3.05, 3.63) is 29.3 Å². The number of ether oxygens (including phenoxy) is 1. The van der Waals surface area contributed by atoms with Gasteiger partial charge in [0.1, 0.15) is 5.75 Å². The highest BCUT2D eigenvalue weighted by Gasteiger charge is 2.42. The van der Waals surface area contributed by atoms with Crippen molar-refractivity contribution in [2.45, 2.75) is 32.3 Å². The van der Waals surface area contributed by atoms with Gasteiger partial charge in [0.2, 0.25) is 0 Å². The standard InChI is InChI=1S/C15H19Cl2NO2/c1-11(20-13-4-2-3-12(17)9-13)14(19)18-10-15(5-6-15)7-8-16/h2-4,9,11H,5-8,10H2,1H3,(H,18,19). The molecule has 2 rings (SSSR count). The monoisotopic (exact) mass is 315 g/mol. The van der Waals surface area contributed by atoms with Crippen LogP contribution in [0.4, 0.5) is 0 Å². The molecule has 0 heterocycles. The predicted molar refractivity (Wildman–Crippen MR) is 81.6 cm³/mol. The number of hydrogen-bond donors (Lipinski definition) is 1. The Morgan fingerprint density at radius 3 is 2.85 bits per heavy atom. The molecule has 1 unspecified atom stereocenters. The Balaban J connectivity index is 1.80. The molecular formula is C15H19Cl2NO2. The first-order valence-corrected chi connectivity index (χ1v) is 7.72. The number of carbonyl (C=O) groups excluding carboxylic acids is 1. The minimum absolute atomic E-state index is 0.106. The molecule has 0 saturated heterocycles. The van der Waals surface area contributed by atoms with Crippen molar-refractivity contribution in [3.8, 4) is 5.75 Å². The third-order valence-corrected chi connectivity index (χ3v) is 4.12. The Morgan fingerprint density at radius 1 is 1.50 bits per heavy atom. The van der Waals surface area contributed by atoms with E-state index in [1.165, 1.54) is 0 Å². The van der Waals surface area contributed by atoms with E-state index < -0.39 is 6.10 Å². The SMILES string of the molecule is CC(Oc1cccc(Cl)c1)C(=O)NCC1(CCCl)CC1. The van der Waals surface area contributed by atoms with Crippen LogP contribution in [0.15, 0.2) is 24.3 Å². The summed E-state index contributed by atoms with van der Waals surface area (Å²) in [5.41, 5.74) is 0.229. The lowest BCUT2D eigenvalue weighted by atomic mass is 10.0. The Kier molecular flexibility index (Phi) is 5.17. The van der Waals surface area contributed by atoms with Crippen LogP contribution in [0, 0.1) is 5.41 Å². The number of benzene rings is 1. The summed E-state index contributed by atoms with van der Waals surface area (Å²) in [6.45, 7) is 2.42. The van der Waals surface area contributed by atoms with E-state index in [1.54, 1.807) is 31.2 Å². The molecule has 110 valence electrons. The molecule has 1 saturated carbocycles. The Labute approximate surface area is 129 Å². The van der Waals surface area contributed by atoms with Crippen molar-refractivity contribution in [2.24, 2.45) is 5.41 Å². The Bertz CT molecular complexity index is 475. The summed E-state index contributed by atoms with van der Waals surface area (Å²) in [4.78, 5) is 12.0. The van der Waals surface area contributed by atoms with E-state index in [0.29, 0.717) is 23.2 Å². The fourth-order valence-electron chi connectivity index (χ4n) is 2.11. The molecule has 1 atom stereocenters. The molecule has 1 fully saturated rings. The second-order valence-electron chi connectivity index (χ2n) is 5.37. The lowest BCUT2D eigenvalue weighted by Crippen LogP contribution is -2.39. The molecule has 0 bridgehead atoms. The maximum absolute atomic E-state index is 12.0. The van der Waals surface area contributed by atoms with Gasteiger partial charge in [-0.25, -0.2) is 0 Å². The quantitative estimate of drug-likeness (QED) is 0.780. The highest BCUT2D eigenvalue weighted by Crippen LogP contribution is 2.48. The second kappa shape index (κ2) is 6.68. The number of rotatable bonds is 7. The number of halogens is 2. The topological polar surface area (TPSA) is 38.3 Å². The zero-order chi connectivity index (χ0) is 14.6. The van der Waals surface area contributed by atoms with Crippen molar-refractivity contribution in [1.82, 2.24) is 5.32 Å². The van der Waals surface area contributed by atoms with Crippen LogP contribution in [-0.2, 0) is 4.79 Å². The summed E-state index contributed by atoms with van der Waals surface area (Å²) in [7, 11) is 0. The average molecular weight is 316 g/mol. The van der Waals surface area contributed by atoms with E-state index in [1.807, 2.05) is 0 Å². The Hall–Kier alpha value is -0.930. The van der Waals surface area contributed by atoms with Gasteiger partial charge in [0.25, 0.3) is 5.91 Å². The zero-order valence-electron chi connectivity index (χ0n) is 11.5. The fraction of sp³-hybridized carbons (Fsp3) is 0.533. The summed E-state index contributed by atoms with van der Waals surface area (Å²) in [6.07, 6.45) is 2.70. The van der Waals surface area contributed by atoms with Gasteiger partial charge < -0.3 is 10.1 Å². The molecule has 1 N–H and O–H groups in total. The number of alkyl halides is 1. The normalized spacial score (nSPS) is 17.4. The van der Waals surface area contributed by atoms with Gasteiger partial charge in [-0.15, -0.1) is 11.6 Å². The zero-order valence-corrected chi connectivity index (χ0v) is 13.0. The molecule has 1 aliphatic rings. The maximum atomic E-state index is 12.0. The van der Waals surface area contributed by atoms with Gasteiger partial charge in [0.05, 0.1) is 0 Å². The van der Waals surface area contributed by atoms with E-state index in [0.717, 1.165) is 19.3 Å². The van der Waals surface area contributed by atoms with E-state index in [9.17, 15) is 4.79 Å². The molecule has 0 spiro atoms.